The van der Waals surface area contributed by atoms with Crippen molar-refractivity contribution in [3.8, 4) is 0 Å². The molecule has 0 aromatic carbocycles. The maximum Gasteiger partial charge on any atom is 0.330 e. The highest BCUT2D eigenvalue weighted by atomic mass is 16.4. The van der Waals surface area contributed by atoms with Gasteiger partial charge in [0.15, 0.2) is 0 Å². The summed E-state index contributed by atoms with van der Waals surface area (Å²) in [5.41, 5.74) is 2.44. The van der Waals surface area contributed by atoms with Crippen LogP contribution in [0.3, 0.4) is 0 Å². The van der Waals surface area contributed by atoms with Crippen LogP contribution in [0.5, 0.6) is 0 Å². The number of nitrogens with one attached hydrogen (secondary N) is 1. The number of pyridine rings is 1. The van der Waals surface area contributed by atoms with Gasteiger partial charge in [0, 0.05) is 30.6 Å². The second-order valence-corrected chi connectivity index (χ2v) is 3.63. The van der Waals surface area contributed by atoms with Crippen molar-refractivity contribution in [3.05, 3.63) is 41.2 Å². The zero-order valence-corrected chi connectivity index (χ0v) is 9.53. The van der Waals surface area contributed by atoms with Gasteiger partial charge in [-0.2, -0.15) is 0 Å². The fraction of sp³-hybridized carbons (Fsp3) is 0.333. The van der Waals surface area contributed by atoms with E-state index in [1.807, 2.05) is 25.3 Å². The summed E-state index contributed by atoms with van der Waals surface area (Å²) in [5.74, 6) is -0.876. The average Bonchev–Trinajstić information content (AvgIpc) is 2.26. The number of nitrogens with zero attached hydrogens (tertiary/aromatic N) is 1. The first-order valence-electron chi connectivity index (χ1n) is 5.12. The minimum atomic E-state index is -0.876. The number of aliphatic carboxylic acids is 1. The Morgan fingerprint density at radius 2 is 2.31 bits per heavy atom. The Morgan fingerprint density at radius 1 is 1.56 bits per heavy atom. The van der Waals surface area contributed by atoms with Crippen LogP contribution in [0, 0.1) is 6.92 Å². The maximum absolute atomic E-state index is 10.5. The van der Waals surface area contributed by atoms with Crippen LogP contribution in [0.2, 0.25) is 0 Å². The molecular weight excluding hydrogens is 204 g/mol. The van der Waals surface area contributed by atoms with Gasteiger partial charge in [-0.3, -0.25) is 4.98 Å². The fourth-order valence-electron chi connectivity index (χ4n) is 1.13. The number of carbonyl (C=O) groups is 1. The van der Waals surface area contributed by atoms with Crippen molar-refractivity contribution in [3.63, 3.8) is 0 Å². The lowest BCUT2D eigenvalue weighted by molar-refractivity contribution is -0.132. The van der Waals surface area contributed by atoms with Crippen molar-refractivity contribution >= 4 is 5.97 Å². The Morgan fingerprint density at radius 3 is 2.88 bits per heavy atom. The standard InChI is InChI=1S/C12H16N2O2/c1-9(12(15)16)5-6-13-7-11-4-3-10(2)14-8-11/h3-5,8,13H,6-7H2,1-2H3,(H,15,16)/b9-5-. The van der Waals surface area contributed by atoms with Crippen molar-refractivity contribution in [2.45, 2.75) is 20.4 Å². The van der Waals surface area contributed by atoms with Crippen molar-refractivity contribution in [2.24, 2.45) is 0 Å². The summed E-state index contributed by atoms with van der Waals surface area (Å²) < 4.78 is 0. The molecule has 4 nitrogen and oxygen atoms in total. The Kier molecular flexibility index (Phi) is 4.66. The van der Waals surface area contributed by atoms with E-state index in [2.05, 4.69) is 10.3 Å². The molecule has 0 bridgehead atoms. The van der Waals surface area contributed by atoms with E-state index in [0.29, 0.717) is 18.7 Å². The van der Waals surface area contributed by atoms with Gasteiger partial charge in [0.2, 0.25) is 0 Å². The van der Waals surface area contributed by atoms with E-state index in [4.69, 9.17) is 5.11 Å². The van der Waals surface area contributed by atoms with Crippen LogP contribution >= 0.6 is 0 Å². The topological polar surface area (TPSA) is 62.2 Å². The average molecular weight is 220 g/mol. The van der Waals surface area contributed by atoms with Gasteiger partial charge in [-0.1, -0.05) is 12.1 Å². The van der Waals surface area contributed by atoms with Crippen molar-refractivity contribution in [2.75, 3.05) is 6.54 Å². The fourth-order valence-corrected chi connectivity index (χ4v) is 1.13. The van der Waals surface area contributed by atoms with Crippen LogP contribution in [0.4, 0.5) is 0 Å². The lowest BCUT2D eigenvalue weighted by Crippen LogP contribution is -2.14. The summed E-state index contributed by atoms with van der Waals surface area (Å²) in [6.07, 6.45) is 3.47. The molecule has 16 heavy (non-hydrogen) atoms. The first-order valence-corrected chi connectivity index (χ1v) is 5.12. The first-order chi connectivity index (χ1) is 7.59. The molecule has 0 spiro atoms. The van der Waals surface area contributed by atoms with Crippen molar-refractivity contribution < 1.29 is 9.90 Å². The summed E-state index contributed by atoms with van der Waals surface area (Å²) >= 11 is 0. The number of aryl methyl sites for hydroxylation is 1. The highest BCUT2D eigenvalue weighted by Gasteiger charge is 1.97. The predicted molar refractivity (Wildman–Crippen MR) is 62.1 cm³/mol. The summed E-state index contributed by atoms with van der Waals surface area (Å²) in [4.78, 5) is 14.7. The molecule has 0 aliphatic heterocycles. The third-order valence-corrected chi connectivity index (χ3v) is 2.19. The van der Waals surface area contributed by atoms with Gasteiger partial charge in [0.25, 0.3) is 0 Å². The monoisotopic (exact) mass is 220 g/mol. The molecule has 0 fully saturated rings. The van der Waals surface area contributed by atoms with Crippen LogP contribution in [0.15, 0.2) is 30.0 Å². The number of aromatic nitrogens is 1. The normalized spacial score (nSPS) is 11.5. The third kappa shape index (κ3) is 4.23. The molecule has 0 aliphatic rings. The molecule has 0 amide bonds. The van der Waals surface area contributed by atoms with Crippen LogP contribution in [0.25, 0.3) is 0 Å². The van der Waals surface area contributed by atoms with Crippen LogP contribution in [0.1, 0.15) is 18.2 Å². The second kappa shape index (κ2) is 6.02. The van der Waals surface area contributed by atoms with Gasteiger partial charge in [-0.15, -0.1) is 0 Å². The molecule has 86 valence electrons. The highest BCUT2D eigenvalue weighted by Crippen LogP contribution is 1.98. The number of hydrogen-bond acceptors (Lipinski definition) is 3. The highest BCUT2D eigenvalue weighted by molar-refractivity contribution is 5.85. The van der Waals surface area contributed by atoms with Crippen LogP contribution in [-0.4, -0.2) is 22.6 Å². The minimum absolute atomic E-state index is 0.356. The van der Waals surface area contributed by atoms with Crippen LogP contribution in [-0.2, 0) is 11.3 Å². The Labute approximate surface area is 95.0 Å². The molecule has 1 aromatic rings. The first kappa shape index (κ1) is 12.4. The number of hydrogen-bond donors (Lipinski definition) is 2. The van der Waals surface area contributed by atoms with E-state index in [-0.39, 0.29) is 0 Å². The molecule has 1 aromatic heterocycles. The molecular formula is C12H16N2O2. The lowest BCUT2D eigenvalue weighted by atomic mass is 10.2. The van der Waals surface area contributed by atoms with Crippen molar-refractivity contribution in [1.82, 2.24) is 10.3 Å². The predicted octanol–water partition coefficient (Wildman–Crippen LogP) is 1.51. The number of carboxylic acid groups (broad SMARTS) is 1. The molecule has 0 unspecified atom stereocenters. The van der Waals surface area contributed by atoms with E-state index in [9.17, 15) is 4.79 Å². The molecule has 0 saturated carbocycles. The van der Waals surface area contributed by atoms with E-state index in [1.165, 1.54) is 0 Å². The van der Waals surface area contributed by atoms with Gasteiger partial charge in [-0.25, -0.2) is 4.79 Å². The van der Waals surface area contributed by atoms with E-state index in [0.717, 1.165) is 11.3 Å². The lowest BCUT2D eigenvalue weighted by Gasteiger charge is -2.02. The third-order valence-electron chi connectivity index (χ3n) is 2.19. The molecule has 0 aliphatic carbocycles. The summed E-state index contributed by atoms with van der Waals surface area (Å²) in [5, 5.41) is 11.8. The van der Waals surface area contributed by atoms with E-state index in [1.54, 1.807) is 13.0 Å². The summed E-state index contributed by atoms with van der Waals surface area (Å²) in [7, 11) is 0. The zero-order chi connectivity index (χ0) is 12.0. The Bertz CT molecular complexity index is 383. The summed E-state index contributed by atoms with van der Waals surface area (Å²) in [6, 6.07) is 3.96. The molecule has 1 rings (SSSR count). The van der Waals surface area contributed by atoms with Crippen molar-refractivity contribution in [1.29, 1.82) is 0 Å². The largest absolute Gasteiger partial charge is 0.478 e. The van der Waals surface area contributed by atoms with Gasteiger partial charge in [0.05, 0.1) is 0 Å². The van der Waals surface area contributed by atoms with Gasteiger partial charge >= 0.3 is 5.97 Å². The van der Waals surface area contributed by atoms with Gasteiger partial charge in [0.1, 0.15) is 0 Å². The second-order valence-electron chi connectivity index (χ2n) is 3.63. The minimum Gasteiger partial charge on any atom is -0.478 e. The summed E-state index contributed by atoms with van der Waals surface area (Å²) in [6.45, 7) is 4.76. The van der Waals surface area contributed by atoms with E-state index < -0.39 is 5.97 Å². The number of carboxylic acids is 1. The molecule has 1 heterocycles. The molecule has 2 N–H and O–H groups in total. The van der Waals surface area contributed by atoms with E-state index >= 15 is 0 Å². The smallest absolute Gasteiger partial charge is 0.330 e. The molecule has 0 atom stereocenters. The Balaban J connectivity index is 2.34. The maximum atomic E-state index is 10.5. The molecule has 0 radical (unpaired) electrons. The quantitative estimate of drug-likeness (QED) is 0.583. The molecule has 0 saturated heterocycles. The SMILES string of the molecule is C/C(=C/CNCc1ccc(C)nc1)C(=O)O. The van der Waals surface area contributed by atoms with Gasteiger partial charge < -0.3 is 10.4 Å². The Hall–Kier alpha value is -1.68. The van der Waals surface area contributed by atoms with Gasteiger partial charge in [-0.05, 0) is 25.5 Å². The van der Waals surface area contributed by atoms with Crippen LogP contribution < -0.4 is 5.32 Å². The number of rotatable bonds is 5. The molecule has 4 heteroatoms. The zero-order valence-electron chi connectivity index (χ0n) is 9.53.